The van der Waals surface area contributed by atoms with Crippen molar-refractivity contribution < 1.29 is 4.74 Å². The second kappa shape index (κ2) is 6.37. The van der Waals surface area contributed by atoms with E-state index in [1.54, 1.807) is 12.1 Å². The summed E-state index contributed by atoms with van der Waals surface area (Å²) in [4.78, 5) is 0.256. The largest absolute Gasteiger partial charge is 0.487 e. The quantitative estimate of drug-likeness (QED) is 0.829. The standard InChI is InChI=1S/C14H11BrClNOS/c15-12-7-10(16)6-11(14(17)19)13(12)18-8-9-4-2-1-3-5-9/h1-7H,8H2,(H2,17,19). The van der Waals surface area contributed by atoms with E-state index in [0.717, 1.165) is 10.0 Å². The first-order valence-corrected chi connectivity index (χ1v) is 7.11. The number of benzene rings is 2. The van der Waals surface area contributed by atoms with Gasteiger partial charge >= 0.3 is 0 Å². The highest BCUT2D eigenvalue weighted by Crippen LogP contribution is 2.33. The van der Waals surface area contributed by atoms with Crippen LogP contribution in [-0.4, -0.2) is 4.99 Å². The van der Waals surface area contributed by atoms with Gasteiger partial charge < -0.3 is 10.5 Å². The summed E-state index contributed by atoms with van der Waals surface area (Å²) in [5.41, 5.74) is 7.39. The average Bonchev–Trinajstić information content (AvgIpc) is 2.38. The van der Waals surface area contributed by atoms with Gasteiger partial charge in [0.25, 0.3) is 0 Å². The monoisotopic (exact) mass is 355 g/mol. The Morgan fingerprint density at radius 3 is 2.58 bits per heavy atom. The van der Waals surface area contributed by atoms with Crippen molar-refractivity contribution >= 4 is 44.7 Å². The summed E-state index contributed by atoms with van der Waals surface area (Å²) in [5, 5.41) is 0.557. The van der Waals surface area contributed by atoms with Gasteiger partial charge in [-0.05, 0) is 33.6 Å². The molecule has 5 heteroatoms. The predicted molar refractivity (Wildman–Crippen MR) is 85.8 cm³/mol. The van der Waals surface area contributed by atoms with Gasteiger partial charge in [0.1, 0.15) is 17.3 Å². The molecule has 0 aliphatic rings. The summed E-state index contributed by atoms with van der Waals surface area (Å²) in [7, 11) is 0. The first-order chi connectivity index (χ1) is 9.08. The van der Waals surface area contributed by atoms with Crippen molar-refractivity contribution in [3.05, 3.63) is 63.1 Å². The van der Waals surface area contributed by atoms with Gasteiger partial charge in [0.2, 0.25) is 0 Å². The molecule has 0 saturated heterocycles. The zero-order valence-electron chi connectivity index (χ0n) is 9.90. The van der Waals surface area contributed by atoms with Crippen LogP contribution < -0.4 is 10.5 Å². The highest BCUT2D eigenvalue weighted by molar-refractivity contribution is 9.10. The molecule has 0 heterocycles. The van der Waals surface area contributed by atoms with Gasteiger partial charge in [-0.2, -0.15) is 0 Å². The third kappa shape index (κ3) is 3.69. The second-order valence-corrected chi connectivity index (χ2v) is 5.63. The molecule has 2 nitrogen and oxygen atoms in total. The van der Waals surface area contributed by atoms with Gasteiger partial charge in [-0.25, -0.2) is 0 Å². The van der Waals surface area contributed by atoms with Crippen molar-refractivity contribution in [1.82, 2.24) is 0 Å². The van der Waals surface area contributed by atoms with Crippen LogP contribution in [0.5, 0.6) is 5.75 Å². The molecule has 0 aromatic heterocycles. The average molecular weight is 357 g/mol. The lowest BCUT2D eigenvalue weighted by atomic mass is 10.2. The van der Waals surface area contributed by atoms with Crippen LogP contribution in [0, 0.1) is 0 Å². The van der Waals surface area contributed by atoms with Crippen molar-refractivity contribution in [3.63, 3.8) is 0 Å². The molecule has 0 amide bonds. The molecule has 2 aromatic rings. The lowest BCUT2D eigenvalue weighted by molar-refractivity contribution is 0.304. The van der Waals surface area contributed by atoms with Crippen LogP contribution in [0.3, 0.4) is 0 Å². The van der Waals surface area contributed by atoms with Gasteiger partial charge in [-0.1, -0.05) is 54.2 Å². The second-order valence-electron chi connectivity index (χ2n) is 3.90. The fraction of sp³-hybridized carbons (Fsp3) is 0.0714. The maximum absolute atomic E-state index is 5.98. The first-order valence-electron chi connectivity index (χ1n) is 5.53. The van der Waals surface area contributed by atoms with Crippen LogP contribution in [0.1, 0.15) is 11.1 Å². The van der Waals surface area contributed by atoms with E-state index in [4.69, 9.17) is 34.3 Å². The van der Waals surface area contributed by atoms with E-state index in [0.29, 0.717) is 22.9 Å². The van der Waals surface area contributed by atoms with Crippen LogP contribution >= 0.6 is 39.7 Å². The molecule has 0 fully saturated rings. The minimum absolute atomic E-state index is 0.256. The molecule has 98 valence electrons. The maximum atomic E-state index is 5.98. The van der Waals surface area contributed by atoms with E-state index >= 15 is 0 Å². The van der Waals surface area contributed by atoms with Crippen LogP contribution in [0.2, 0.25) is 5.02 Å². The highest BCUT2D eigenvalue weighted by Gasteiger charge is 2.12. The number of halogens is 2. The zero-order chi connectivity index (χ0) is 13.8. The number of rotatable bonds is 4. The molecule has 0 unspecified atom stereocenters. The number of ether oxygens (including phenoxy) is 1. The third-order valence-electron chi connectivity index (χ3n) is 2.50. The van der Waals surface area contributed by atoms with E-state index in [9.17, 15) is 0 Å². The molecule has 0 saturated carbocycles. The summed E-state index contributed by atoms with van der Waals surface area (Å²) in [6, 6.07) is 13.3. The highest BCUT2D eigenvalue weighted by atomic mass is 79.9. The van der Waals surface area contributed by atoms with Crippen molar-refractivity contribution in [1.29, 1.82) is 0 Å². The number of hydrogen-bond acceptors (Lipinski definition) is 2. The summed E-state index contributed by atoms with van der Waals surface area (Å²) in [6.45, 7) is 0.441. The Morgan fingerprint density at radius 2 is 1.95 bits per heavy atom. The Labute approximate surface area is 130 Å². The molecular weight excluding hydrogens is 346 g/mol. The lowest BCUT2D eigenvalue weighted by Gasteiger charge is -2.13. The van der Waals surface area contributed by atoms with Crippen molar-refractivity contribution in [2.75, 3.05) is 0 Å². The normalized spacial score (nSPS) is 10.2. The maximum Gasteiger partial charge on any atom is 0.144 e. The molecule has 19 heavy (non-hydrogen) atoms. The van der Waals surface area contributed by atoms with Gasteiger partial charge in [0.05, 0.1) is 10.0 Å². The molecule has 0 spiro atoms. The van der Waals surface area contributed by atoms with E-state index in [2.05, 4.69) is 15.9 Å². The van der Waals surface area contributed by atoms with Crippen LogP contribution in [0.15, 0.2) is 46.9 Å². The predicted octanol–water partition coefficient (Wildman–Crippen LogP) is 4.32. The Bertz CT molecular complexity index is 604. The Hall–Kier alpha value is -1.10. The van der Waals surface area contributed by atoms with Crippen molar-refractivity contribution in [3.8, 4) is 5.75 Å². The van der Waals surface area contributed by atoms with Crippen molar-refractivity contribution in [2.45, 2.75) is 6.61 Å². The van der Waals surface area contributed by atoms with Gasteiger partial charge in [0.15, 0.2) is 0 Å². The minimum atomic E-state index is 0.256. The Balaban J connectivity index is 2.27. The summed E-state index contributed by atoms with van der Waals surface area (Å²) in [6.07, 6.45) is 0. The summed E-state index contributed by atoms with van der Waals surface area (Å²) in [5.74, 6) is 0.612. The van der Waals surface area contributed by atoms with Gasteiger partial charge in [0, 0.05) is 5.02 Å². The molecule has 0 atom stereocenters. The molecule has 2 N–H and O–H groups in total. The van der Waals surface area contributed by atoms with Crippen LogP contribution in [0.25, 0.3) is 0 Å². The number of thiocarbonyl (C=S) groups is 1. The molecule has 0 aliphatic carbocycles. The van der Waals surface area contributed by atoms with Crippen LogP contribution in [0.4, 0.5) is 0 Å². The van der Waals surface area contributed by atoms with E-state index < -0.39 is 0 Å². The molecule has 2 rings (SSSR count). The zero-order valence-corrected chi connectivity index (χ0v) is 13.1. The number of nitrogens with two attached hydrogens (primary N) is 1. The first kappa shape index (κ1) is 14.3. The Kier molecular flexibility index (Phi) is 4.80. The fourth-order valence-corrected chi connectivity index (χ4v) is 2.70. The lowest BCUT2D eigenvalue weighted by Crippen LogP contribution is -2.12. The molecule has 0 radical (unpaired) electrons. The molecule has 2 aromatic carbocycles. The van der Waals surface area contributed by atoms with Gasteiger partial charge in [-0.3, -0.25) is 0 Å². The smallest absolute Gasteiger partial charge is 0.144 e. The number of hydrogen-bond donors (Lipinski definition) is 1. The van der Waals surface area contributed by atoms with Gasteiger partial charge in [-0.15, -0.1) is 0 Å². The minimum Gasteiger partial charge on any atom is -0.487 e. The van der Waals surface area contributed by atoms with E-state index in [-0.39, 0.29) is 4.99 Å². The summed E-state index contributed by atoms with van der Waals surface area (Å²) >= 11 is 14.4. The van der Waals surface area contributed by atoms with Crippen molar-refractivity contribution in [2.24, 2.45) is 5.73 Å². The molecule has 0 aliphatic heterocycles. The third-order valence-corrected chi connectivity index (χ3v) is 3.53. The Morgan fingerprint density at radius 1 is 1.26 bits per heavy atom. The van der Waals surface area contributed by atoms with Crippen LogP contribution in [-0.2, 0) is 6.61 Å². The topological polar surface area (TPSA) is 35.2 Å². The summed E-state index contributed by atoms with van der Waals surface area (Å²) < 4.78 is 6.53. The molecular formula is C14H11BrClNOS. The van der Waals surface area contributed by atoms with E-state index in [1.807, 2.05) is 30.3 Å². The fourth-order valence-electron chi connectivity index (χ4n) is 1.62. The molecule has 0 bridgehead atoms. The SMILES string of the molecule is NC(=S)c1cc(Cl)cc(Br)c1OCc1ccccc1. The van der Waals surface area contributed by atoms with E-state index in [1.165, 1.54) is 0 Å².